The maximum Gasteiger partial charge on any atom is 0.0515 e. The number of nitrogens with one attached hydrogen (secondary N) is 1. The van der Waals surface area contributed by atoms with Crippen LogP contribution in [-0.2, 0) is 6.54 Å². The minimum Gasteiger partial charge on any atom is -0.393 e. The maximum atomic E-state index is 9.18. The van der Waals surface area contributed by atoms with Gasteiger partial charge in [0.15, 0.2) is 0 Å². The quantitative estimate of drug-likeness (QED) is 0.759. The first-order chi connectivity index (χ1) is 6.68. The average Bonchev–Trinajstić information content (AvgIpc) is 2.55. The summed E-state index contributed by atoms with van der Waals surface area (Å²) in [7, 11) is 0. The molecule has 0 bridgehead atoms. The molecule has 1 aromatic heterocycles. The van der Waals surface area contributed by atoms with Crippen LogP contribution in [0.5, 0.6) is 0 Å². The molecule has 0 saturated carbocycles. The summed E-state index contributed by atoms with van der Waals surface area (Å²) in [5, 5.41) is 16.8. The van der Waals surface area contributed by atoms with Gasteiger partial charge >= 0.3 is 0 Å². The Kier molecular flexibility index (Phi) is 5.15. The highest BCUT2D eigenvalue weighted by atomic mass is 32.1. The van der Waals surface area contributed by atoms with Crippen molar-refractivity contribution in [1.82, 2.24) is 5.32 Å². The summed E-state index contributed by atoms with van der Waals surface area (Å²) in [5.41, 5.74) is 1.35. The van der Waals surface area contributed by atoms with Crippen molar-refractivity contribution in [3.05, 3.63) is 22.4 Å². The molecule has 0 amide bonds. The molecule has 2 atom stereocenters. The van der Waals surface area contributed by atoms with Crippen LogP contribution in [0.4, 0.5) is 0 Å². The number of thiophene rings is 1. The van der Waals surface area contributed by atoms with Crippen molar-refractivity contribution in [2.45, 2.75) is 32.9 Å². The highest BCUT2D eigenvalue weighted by molar-refractivity contribution is 7.07. The Balaban J connectivity index is 2.09. The van der Waals surface area contributed by atoms with Crippen LogP contribution in [0.25, 0.3) is 0 Å². The van der Waals surface area contributed by atoms with Gasteiger partial charge in [-0.3, -0.25) is 0 Å². The Labute approximate surface area is 90.0 Å². The van der Waals surface area contributed by atoms with E-state index < -0.39 is 0 Å². The van der Waals surface area contributed by atoms with Crippen molar-refractivity contribution in [1.29, 1.82) is 0 Å². The first-order valence-corrected chi connectivity index (χ1v) is 6.02. The molecule has 1 rings (SSSR count). The second kappa shape index (κ2) is 6.17. The molecule has 0 radical (unpaired) electrons. The van der Waals surface area contributed by atoms with Gasteiger partial charge in [0.05, 0.1) is 6.10 Å². The molecule has 0 aliphatic rings. The zero-order chi connectivity index (χ0) is 10.4. The topological polar surface area (TPSA) is 32.3 Å². The van der Waals surface area contributed by atoms with E-state index in [1.165, 1.54) is 5.56 Å². The summed E-state index contributed by atoms with van der Waals surface area (Å²) in [5.74, 6) is 0.536. The van der Waals surface area contributed by atoms with E-state index in [-0.39, 0.29) is 6.10 Å². The normalized spacial score (nSPS) is 15.4. The molecule has 1 heterocycles. The fraction of sp³-hybridized carbons (Fsp3) is 0.636. The number of hydrogen-bond acceptors (Lipinski definition) is 3. The van der Waals surface area contributed by atoms with Crippen molar-refractivity contribution >= 4 is 11.3 Å². The highest BCUT2D eigenvalue weighted by Crippen LogP contribution is 2.07. The molecule has 0 aromatic carbocycles. The Hall–Kier alpha value is -0.380. The van der Waals surface area contributed by atoms with E-state index in [0.29, 0.717) is 5.92 Å². The second-order valence-corrected chi connectivity index (χ2v) is 4.73. The number of aliphatic hydroxyl groups is 1. The molecular formula is C11H19NOS. The van der Waals surface area contributed by atoms with Gasteiger partial charge in [-0.25, -0.2) is 0 Å². The summed E-state index contributed by atoms with van der Waals surface area (Å²) < 4.78 is 0. The van der Waals surface area contributed by atoms with E-state index in [1.807, 2.05) is 6.92 Å². The maximum absolute atomic E-state index is 9.18. The minimum atomic E-state index is -0.187. The Morgan fingerprint density at radius 1 is 1.50 bits per heavy atom. The van der Waals surface area contributed by atoms with Gasteiger partial charge in [-0.15, -0.1) is 0 Å². The van der Waals surface area contributed by atoms with Gasteiger partial charge in [0.25, 0.3) is 0 Å². The summed E-state index contributed by atoms with van der Waals surface area (Å²) in [4.78, 5) is 0. The van der Waals surface area contributed by atoms with E-state index in [2.05, 4.69) is 29.1 Å². The van der Waals surface area contributed by atoms with Crippen LogP contribution < -0.4 is 5.32 Å². The third kappa shape index (κ3) is 4.74. The van der Waals surface area contributed by atoms with Gasteiger partial charge in [0.1, 0.15) is 0 Å². The van der Waals surface area contributed by atoms with Gasteiger partial charge in [-0.05, 0) is 48.2 Å². The molecular weight excluding hydrogens is 194 g/mol. The molecule has 0 saturated heterocycles. The number of hydrogen-bond donors (Lipinski definition) is 2. The van der Waals surface area contributed by atoms with Crippen molar-refractivity contribution in [3.8, 4) is 0 Å². The largest absolute Gasteiger partial charge is 0.393 e. The first kappa shape index (κ1) is 11.7. The lowest BCUT2D eigenvalue weighted by Gasteiger charge is -2.13. The van der Waals surface area contributed by atoms with E-state index in [4.69, 9.17) is 0 Å². The monoisotopic (exact) mass is 213 g/mol. The second-order valence-electron chi connectivity index (χ2n) is 3.95. The zero-order valence-corrected chi connectivity index (χ0v) is 9.68. The lowest BCUT2D eigenvalue weighted by molar-refractivity contribution is 0.163. The highest BCUT2D eigenvalue weighted by Gasteiger charge is 2.05. The summed E-state index contributed by atoms with van der Waals surface area (Å²) >= 11 is 1.73. The lowest BCUT2D eigenvalue weighted by atomic mass is 10.0. The van der Waals surface area contributed by atoms with Crippen LogP contribution in [0.15, 0.2) is 16.8 Å². The van der Waals surface area contributed by atoms with E-state index >= 15 is 0 Å². The van der Waals surface area contributed by atoms with Crippen molar-refractivity contribution < 1.29 is 5.11 Å². The van der Waals surface area contributed by atoms with Crippen LogP contribution in [0.2, 0.25) is 0 Å². The van der Waals surface area contributed by atoms with Gasteiger partial charge in [-0.1, -0.05) is 6.92 Å². The van der Waals surface area contributed by atoms with Gasteiger partial charge in [0, 0.05) is 6.54 Å². The molecule has 3 heteroatoms. The molecule has 0 aliphatic carbocycles. The third-order valence-electron chi connectivity index (χ3n) is 2.15. The van der Waals surface area contributed by atoms with Gasteiger partial charge in [-0.2, -0.15) is 11.3 Å². The summed E-state index contributed by atoms with van der Waals surface area (Å²) in [6.45, 7) is 5.91. The van der Waals surface area contributed by atoms with E-state index in [1.54, 1.807) is 11.3 Å². The smallest absolute Gasteiger partial charge is 0.0515 e. The van der Waals surface area contributed by atoms with Gasteiger partial charge < -0.3 is 10.4 Å². The molecule has 2 N–H and O–H groups in total. The standard InChI is InChI=1S/C11H19NOS/c1-9(5-10(2)13)6-12-7-11-3-4-14-8-11/h3-4,8-10,12-13H,5-7H2,1-2H3. The Bertz CT molecular complexity index is 233. The van der Waals surface area contributed by atoms with Crippen LogP contribution in [0.3, 0.4) is 0 Å². The fourth-order valence-corrected chi connectivity index (χ4v) is 2.19. The summed E-state index contributed by atoms with van der Waals surface area (Å²) in [6, 6.07) is 2.14. The average molecular weight is 213 g/mol. The van der Waals surface area contributed by atoms with Crippen molar-refractivity contribution in [3.63, 3.8) is 0 Å². The summed E-state index contributed by atoms with van der Waals surface area (Å²) in [6.07, 6.45) is 0.685. The number of rotatable bonds is 6. The fourth-order valence-electron chi connectivity index (χ4n) is 1.52. The van der Waals surface area contributed by atoms with Crippen LogP contribution in [0, 0.1) is 5.92 Å². The predicted octanol–water partition coefficient (Wildman–Crippen LogP) is 2.24. The molecule has 80 valence electrons. The molecule has 1 aromatic rings. The SMILES string of the molecule is CC(O)CC(C)CNCc1ccsc1. The Morgan fingerprint density at radius 2 is 2.29 bits per heavy atom. The minimum absolute atomic E-state index is 0.187. The zero-order valence-electron chi connectivity index (χ0n) is 8.86. The van der Waals surface area contributed by atoms with E-state index in [9.17, 15) is 5.11 Å². The predicted molar refractivity (Wildman–Crippen MR) is 61.5 cm³/mol. The molecule has 0 fully saturated rings. The first-order valence-electron chi connectivity index (χ1n) is 5.08. The molecule has 2 unspecified atom stereocenters. The third-order valence-corrected chi connectivity index (χ3v) is 2.88. The van der Waals surface area contributed by atoms with Crippen LogP contribution >= 0.6 is 11.3 Å². The van der Waals surface area contributed by atoms with Crippen LogP contribution in [-0.4, -0.2) is 17.8 Å². The molecule has 0 spiro atoms. The van der Waals surface area contributed by atoms with Crippen molar-refractivity contribution in [2.24, 2.45) is 5.92 Å². The van der Waals surface area contributed by atoms with Crippen molar-refractivity contribution in [2.75, 3.05) is 6.54 Å². The molecule has 2 nitrogen and oxygen atoms in total. The van der Waals surface area contributed by atoms with Gasteiger partial charge in [0.2, 0.25) is 0 Å². The van der Waals surface area contributed by atoms with E-state index in [0.717, 1.165) is 19.5 Å². The molecule has 0 aliphatic heterocycles. The Morgan fingerprint density at radius 3 is 2.86 bits per heavy atom. The number of aliphatic hydroxyl groups excluding tert-OH is 1. The van der Waals surface area contributed by atoms with Crippen LogP contribution in [0.1, 0.15) is 25.8 Å². The molecule has 14 heavy (non-hydrogen) atoms. The lowest BCUT2D eigenvalue weighted by Crippen LogP contribution is -2.22.